The van der Waals surface area contributed by atoms with Crippen molar-refractivity contribution < 1.29 is 4.39 Å². The van der Waals surface area contributed by atoms with E-state index in [0.717, 1.165) is 54.0 Å². The second kappa shape index (κ2) is 7.62. The number of amidine groups is 1. The quantitative estimate of drug-likeness (QED) is 0.807. The Bertz CT molecular complexity index is 940. The van der Waals surface area contributed by atoms with Gasteiger partial charge < -0.3 is 10.6 Å². The largest absolute Gasteiger partial charge is 0.404 e. The van der Waals surface area contributed by atoms with Crippen LogP contribution in [0.15, 0.2) is 64.9 Å². The SMILES string of the molecule is C=C(C1=C(C2CC2)C=CCC=C1F)N1CCCN=C1/C(=C\N)c1[nH]ncc1C. The van der Waals surface area contributed by atoms with Crippen LogP contribution in [0, 0.1) is 12.8 Å². The van der Waals surface area contributed by atoms with E-state index >= 15 is 4.39 Å². The van der Waals surface area contributed by atoms with Gasteiger partial charge in [-0.25, -0.2) is 4.39 Å². The van der Waals surface area contributed by atoms with Gasteiger partial charge in [0.05, 0.1) is 17.5 Å². The highest BCUT2D eigenvalue weighted by Crippen LogP contribution is 2.44. The lowest BCUT2D eigenvalue weighted by Gasteiger charge is -2.33. The number of aromatic nitrogens is 2. The van der Waals surface area contributed by atoms with Crippen molar-refractivity contribution in [2.75, 3.05) is 13.1 Å². The molecule has 1 aliphatic heterocycles. The number of H-pyrrole nitrogens is 1. The maximum Gasteiger partial charge on any atom is 0.139 e. The first-order valence-electron chi connectivity index (χ1n) is 9.82. The first-order valence-corrected chi connectivity index (χ1v) is 9.82. The van der Waals surface area contributed by atoms with Crippen molar-refractivity contribution in [3.8, 4) is 0 Å². The Labute approximate surface area is 164 Å². The summed E-state index contributed by atoms with van der Waals surface area (Å²) in [5, 5.41) is 7.11. The van der Waals surface area contributed by atoms with Crippen molar-refractivity contribution in [1.29, 1.82) is 0 Å². The van der Waals surface area contributed by atoms with Crippen molar-refractivity contribution in [3.05, 3.63) is 71.1 Å². The van der Waals surface area contributed by atoms with E-state index in [0.29, 0.717) is 30.2 Å². The molecular weight excluding hydrogens is 353 g/mol. The summed E-state index contributed by atoms with van der Waals surface area (Å²) in [4.78, 5) is 6.74. The number of aryl methyl sites for hydroxylation is 1. The molecular formula is C22H26FN5. The molecule has 4 rings (SSSR count). The monoisotopic (exact) mass is 379 g/mol. The van der Waals surface area contributed by atoms with Gasteiger partial charge >= 0.3 is 0 Å². The van der Waals surface area contributed by atoms with Crippen LogP contribution < -0.4 is 5.73 Å². The fraction of sp³-hybridized carbons (Fsp3) is 0.364. The topological polar surface area (TPSA) is 70.3 Å². The molecule has 0 saturated heterocycles. The van der Waals surface area contributed by atoms with Gasteiger partial charge in [0.1, 0.15) is 11.7 Å². The first kappa shape index (κ1) is 18.5. The van der Waals surface area contributed by atoms with Gasteiger partial charge in [0.15, 0.2) is 0 Å². The first-order chi connectivity index (χ1) is 13.6. The van der Waals surface area contributed by atoms with Crippen molar-refractivity contribution >= 4 is 11.4 Å². The molecule has 3 aliphatic rings. The second-order valence-corrected chi connectivity index (χ2v) is 7.46. The predicted molar refractivity (Wildman–Crippen MR) is 111 cm³/mol. The number of aliphatic imine (C=N–C) groups is 1. The molecule has 0 aromatic carbocycles. The molecule has 3 N–H and O–H groups in total. The summed E-state index contributed by atoms with van der Waals surface area (Å²) < 4.78 is 15.1. The minimum Gasteiger partial charge on any atom is -0.404 e. The molecule has 5 nitrogen and oxygen atoms in total. The number of hydrogen-bond donors (Lipinski definition) is 2. The average Bonchev–Trinajstić information content (AvgIpc) is 3.48. The zero-order valence-corrected chi connectivity index (χ0v) is 16.2. The minimum absolute atomic E-state index is 0.196. The molecule has 146 valence electrons. The van der Waals surface area contributed by atoms with Gasteiger partial charge in [0, 0.05) is 30.6 Å². The molecule has 0 spiro atoms. The molecule has 0 unspecified atom stereocenters. The normalized spacial score (nSPS) is 20.8. The van der Waals surface area contributed by atoms with Crippen LogP contribution >= 0.6 is 0 Å². The van der Waals surface area contributed by atoms with Crippen molar-refractivity contribution in [2.24, 2.45) is 16.6 Å². The Morgan fingerprint density at radius 3 is 2.93 bits per heavy atom. The molecule has 1 saturated carbocycles. The molecule has 1 aromatic heterocycles. The smallest absolute Gasteiger partial charge is 0.139 e. The minimum atomic E-state index is -0.196. The zero-order valence-electron chi connectivity index (χ0n) is 16.2. The molecule has 2 aliphatic carbocycles. The molecule has 28 heavy (non-hydrogen) atoms. The lowest BCUT2D eigenvalue weighted by molar-refractivity contribution is 0.479. The Kier molecular flexibility index (Phi) is 5.03. The van der Waals surface area contributed by atoms with Crippen LogP contribution in [0.2, 0.25) is 0 Å². The summed E-state index contributed by atoms with van der Waals surface area (Å²) in [6.45, 7) is 7.70. The summed E-state index contributed by atoms with van der Waals surface area (Å²) in [5.41, 5.74) is 10.9. The summed E-state index contributed by atoms with van der Waals surface area (Å²) in [6.07, 6.45) is 12.7. The lowest BCUT2D eigenvalue weighted by Crippen LogP contribution is -2.37. The van der Waals surface area contributed by atoms with E-state index in [9.17, 15) is 0 Å². The Morgan fingerprint density at radius 1 is 1.43 bits per heavy atom. The van der Waals surface area contributed by atoms with Gasteiger partial charge in [-0.3, -0.25) is 10.1 Å². The highest BCUT2D eigenvalue weighted by atomic mass is 19.1. The predicted octanol–water partition coefficient (Wildman–Crippen LogP) is 4.16. The van der Waals surface area contributed by atoms with Gasteiger partial charge in [-0.15, -0.1) is 0 Å². The Hall–Kier alpha value is -2.89. The number of nitrogens with two attached hydrogens (primary N) is 1. The van der Waals surface area contributed by atoms with Gasteiger partial charge in [0.2, 0.25) is 0 Å². The van der Waals surface area contributed by atoms with Gasteiger partial charge in [-0.05, 0) is 55.7 Å². The third-order valence-electron chi connectivity index (χ3n) is 5.45. The summed E-state index contributed by atoms with van der Waals surface area (Å²) in [6, 6.07) is 0. The molecule has 0 amide bonds. The average molecular weight is 379 g/mol. The van der Waals surface area contributed by atoms with E-state index < -0.39 is 0 Å². The number of hydrogen-bond acceptors (Lipinski definition) is 4. The Balaban J connectivity index is 1.75. The standard InChI is InChI=1S/C22H26FN5/c1-14-13-26-27-21(14)18(12-24)22-25-10-5-11-28(22)15(2)20-17(16-8-9-16)6-3-4-7-19(20)23/h3,6-7,12-13,16H,2,4-5,8-11,24H2,1H3,(H,26,27)/b18-12-. The van der Waals surface area contributed by atoms with E-state index in [2.05, 4.69) is 22.9 Å². The fourth-order valence-electron chi connectivity index (χ4n) is 3.85. The van der Waals surface area contributed by atoms with Crippen LogP contribution in [-0.4, -0.2) is 34.0 Å². The van der Waals surface area contributed by atoms with Crippen LogP contribution in [0.1, 0.15) is 36.9 Å². The van der Waals surface area contributed by atoms with Crippen molar-refractivity contribution in [2.45, 2.75) is 32.6 Å². The Morgan fingerprint density at radius 2 is 2.25 bits per heavy atom. The molecule has 2 heterocycles. The summed E-state index contributed by atoms with van der Waals surface area (Å²) >= 11 is 0. The van der Waals surface area contributed by atoms with E-state index in [-0.39, 0.29) is 5.83 Å². The number of rotatable bonds is 5. The third kappa shape index (κ3) is 3.35. The molecule has 1 fully saturated rings. The van der Waals surface area contributed by atoms with Crippen LogP contribution in [0.5, 0.6) is 0 Å². The summed E-state index contributed by atoms with van der Waals surface area (Å²) in [7, 11) is 0. The van der Waals surface area contributed by atoms with Gasteiger partial charge in [0.25, 0.3) is 0 Å². The molecule has 0 atom stereocenters. The number of nitrogens with one attached hydrogen (secondary N) is 1. The van der Waals surface area contributed by atoms with Crippen molar-refractivity contribution in [3.63, 3.8) is 0 Å². The van der Waals surface area contributed by atoms with Gasteiger partial charge in [-0.1, -0.05) is 18.7 Å². The van der Waals surface area contributed by atoms with Gasteiger partial charge in [-0.2, -0.15) is 5.10 Å². The summed E-state index contributed by atoms with van der Waals surface area (Å²) in [5.74, 6) is 0.942. The fourth-order valence-corrected chi connectivity index (χ4v) is 3.85. The van der Waals surface area contributed by atoms with Crippen molar-refractivity contribution in [1.82, 2.24) is 15.1 Å². The van der Waals surface area contributed by atoms with E-state index in [1.54, 1.807) is 18.5 Å². The van der Waals surface area contributed by atoms with E-state index in [1.165, 1.54) is 0 Å². The molecule has 6 heteroatoms. The lowest BCUT2D eigenvalue weighted by atomic mass is 9.98. The number of allylic oxidation sites excluding steroid dienone is 5. The number of aromatic amines is 1. The zero-order chi connectivity index (χ0) is 19.7. The van der Waals surface area contributed by atoms with Crippen LogP contribution in [0.3, 0.4) is 0 Å². The second-order valence-electron chi connectivity index (χ2n) is 7.46. The number of halogens is 1. The molecule has 0 bridgehead atoms. The van der Waals surface area contributed by atoms with E-state index in [1.807, 2.05) is 17.9 Å². The van der Waals surface area contributed by atoms with E-state index in [4.69, 9.17) is 10.7 Å². The highest BCUT2D eigenvalue weighted by Gasteiger charge is 2.33. The molecule has 1 aromatic rings. The van der Waals surface area contributed by atoms with Crippen LogP contribution in [-0.2, 0) is 0 Å². The van der Waals surface area contributed by atoms with Crippen LogP contribution in [0.4, 0.5) is 4.39 Å². The number of nitrogens with zero attached hydrogens (tertiary/aromatic N) is 3. The maximum absolute atomic E-state index is 15.1. The van der Waals surface area contributed by atoms with Crippen LogP contribution in [0.25, 0.3) is 5.57 Å². The third-order valence-corrected chi connectivity index (χ3v) is 5.45. The molecule has 0 radical (unpaired) electrons. The maximum atomic E-state index is 15.1. The highest BCUT2D eigenvalue weighted by molar-refractivity contribution is 6.23.